The lowest BCUT2D eigenvalue weighted by atomic mass is 10.1. The molecule has 0 atom stereocenters. The quantitative estimate of drug-likeness (QED) is 0.398. The molecule has 1 aliphatic rings. The van der Waals surface area contributed by atoms with Gasteiger partial charge in [0.25, 0.3) is 0 Å². The Kier molecular flexibility index (Phi) is 11.1. The lowest BCUT2D eigenvalue weighted by Crippen LogP contribution is -1.77. The SMILES string of the molecule is C=CC.C=CC.C=CC.c1ccc2c(c1)Cc1ccccc1-2. The van der Waals surface area contributed by atoms with E-state index in [0.717, 1.165) is 6.42 Å². The molecule has 0 spiro atoms. The summed E-state index contributed by atoms with van der Waals surface area (Å²) in [6, 6.07) is 17.3. The van der Waals surface area contributed by atoms with Gasteiger partial charge in [-0.05, 0) is 49.4 Å². The average molecular weight is 292 g/mol. The molecule has 0 aliphatic heterocycles. The second kappa shape index (κ2) is 12.4. The highest BCUT2D eigenvalue weighted by molar-refractivity contribution is 5.76. The van der Waals surface area contributed by atoms with Gasteiger partial charge < -0.3 is 0 Å². The molecule has 0 aromatic heterocycles. The Morgan fingerprint density at radius 2 is 0.909 bits per heavy atom. The first-order chi connectivity index (χ1) is 10.7. The van der Waals surface area contributed by atoms with Crippen LogP contribution in [-0.2, 0) is 6.42 Å². The maximum atomic E-state index is 3.36. The fraction of sp³-hybridized carbons (Fsp3) is 0.182. The fourth-order valence-corrected chi connectivity index (χ4v) is 2.08. The van der Waals surface area contributed by atoms with E-state index in [1.54, 1.807) is 18.2 Å². The van der Waals surface area contributed by atoms with Crippen LogP contribution in [-0.4, -0.2) is 0 Å². The summed E-state index contributed by atoms with van der Waals surface area (Å²) in [4.78, 5) is 0. The van der Waals surface area contributed by atoms with Gasteiger partial charge in [-0.1, -0.05) is 66.8 Å². The zero-order chi connectivity index (χ0) is 16.8. The van der Waals surface area contributed by atoms with E-state index in [9.17, 15) is 0 Å². The fourth-order valence-electron chi connectivity index (χ4n) is 2.08. The van der Waals surface area contributed by atoms with Crippen molar-refractivity contribution in [2.75, 3.05) is 0 Å². The molecule has 2 aromatic carbocycles. The predicted octanol–water partition coefficient (Wildman–Crippen LogP) is 6.83. The summed E-state index contributed by atoms with van der Waals surface area (Å²) in [5.41, 5.74) is 5.75. The molecule has 1 aliphatic carbocycles. The van der Waals surface area contributed by atoms with Gasteiger partial charge in [-0.3, -0.25) is 0 Å². The zero-order valence-electron chi connectivity index (χ0n) is 14.2. The molecule has 0 bridgehead atoms. The number of allylic oxidation sites excluding steroid dienone is 3. The van der Waals surface area contributed by atoms with Crippen molar-refractivity contribution in [3.8, 4) is 11.1 Å². The van der Waals surface area contributed by atoms with Crippen molar-refractivity contribution in [2.45, 2.75) is 27.2 Å². The van der Waals surface area contributed by atoms with Crippen molar-refractivity contribution in [3.05, 3.63) is 97.6 Å². The highest BCUT2D eigenvalue weighted by atomic mass is 14.2. The van der Waals surface area contributed by atoms with Gasteiger partial charge >= 0.3 is 0 Å². The molecule has 0 heterocycles. The van der Waals surface area contributed by atoms with Crippen LogP contribution in [0.3, 0.4) is 0 Å². The highest BCUT2D eigenvalue weighted by Gasteiger charge is 2.15. The second-order valence-corrected chi connectivity index (χ2v) is 4.72. The van der Waals surface area contributed by atoms with E-state index in [0.29, 0.717) is 0 Å². The van der Waals surface area contributed by atoms with Crippen molar-refractivity contribution in [3.63, 3.8) is 0 Å². The molecule has 116 valence electrons. The molecule has 0 nitrogen and oxygen atoms in total. The molecule has 0 fully saturated rings. The lowest BCUT2D eigenvalue weighted by molar-refractivity contribution is 1.26. The third-order valence-electron chi connectivity index (χ3n) is 2.71. The lowest BCUT2D eigenvalue weighted by Gasteiger charge is -1.98. The molecular formula is C22H28. The topological polar surface area (TPSA) is 0 Å². The Hall–Kier alpha value is -2.34. The van der Waals surface area contributed by atoms with Crippen LogP contribution < -0.4 is 0 Å². The summed E-state index contributed by atoms with van der Waals surface area (Å²) >= 11 is 0. The number of rotatable bonds is 0. The van der Waals surface area contributed by atoms with Gasteiger partial charge in [-0.25, -0.2) is 0 Å². The number of hydrogen-bond donors (Lipinski definition) is 0. The molecule has 0 unspecified atom stereocenters. The summed E-state index contributed by atoms with van der Waals surface area (Å²) in [6.45, 7) is 15.8. The van der Waals surface area contributed by atoms with E-state index in [1.807, 2.05) is 20.8 Å². The van der Waals surface area contributed by atoms with Crippen molar-refractivity contribution in [1.82, 2.24) is 0 Å². The maximum Gasteiger partial charge on any atom is -0.00135 e. The third kappa shape index (κ3) is 6.41. The van der Waals surface area contributed by atoms with Gasteiger partial charge in [-0.2, -0.15) is 0 Å². The smallest absolute Gasteiger partial charge is 0.00135 e. The average Bonchev–Trinajstić information content (AvgIpc) is 2.88. The molecule has 0 N–H and O–H groups in total. The summed E-state index contributed by atoms with van der Waals surface area (Å²) in [5, 5.41) is 0. The van der Waals surface area contributed by atoms with Crippen LogP contribution in [0.4, 0.5) is 0 Å². The van der Waals surface area contributed by atoms with Crippen molar-refractivity contribution >= 4 is 0 Å². The molecular weight excluding hydrogens is 264 g/mol. The first-order valence-corrected chi connectivity index (χ1v) is 7.57. The minimum atomic E-state index is 1.10. The molecule has 2 aromatic rings. The standard InChI is InChI=1S/C13H10.3C3H6/c1-3-7-12-10(5-1)9-11-6-2-4-8-13(11)12;3*1-3-2/h1-8H,9H2;3*3H,1H2,2H3. The van der Waals surface area contributed by atoms with Crippen LogP contribution in [0.1, 0.15) is 31.9 Å². The molecule has 0 saturated heterocycles. The number of fused-ring (bicyclic) bond motifs is 3. The van der Waals surface area contributed by atoms with Crippen molar-refractivity contribution in [1.29, 1.82) is 0 Å². The van der Waals surface area contributed by atoms with E-state index in [4.69, 9.17) is 0 Å². The number of hydrogen-bond acceptors (Lipinski definition) is 0. The number of benzene rings is 2. The Morgan fingerprint density at radius 1 is 0.636 bits per heavy atom. The zero-order valence-corrected chi connectivity index (χ0v) is 14.2. The Balaban J connectivity index is 0.000000416. The molecule has 0 amide bonds. The minimum absolute atomic E-state index is 1.10. The van der Waals surface area contributed by atoms with Crippen LogP contribution in [0.15, 0.2) is 86.5 Å². The van der Waals surface area contributed by atoms with Crippen molar-refractivity contribution < 1.29 is 0 Å². The van der Waals surface area contributed by atoms with Crippen LogP contribution in [0.5, 0.6) is 0 Å². The Morgan fingerprint density at radius 3 is 1.23 bits per heavy atom. The van der Waals surface area contributed by atoms with Crippen molar-refractivity contribution in [2.24, 2.45) is 0 Å². The molecule has 0 saturated carbocycles. The summed E-state index contributed by atoms with van der Waals surface area (Å²) < 4.78 is 0. The second-order valence-electron chi connectivity index (χ2n) is 4.72. The minimum Gasteiger partial charge on any atom is -0.103 e. The highest BCUT2D eigenvalue weighted by Crippen LogP contribution is 2.35. The predicted molar refractivity (Wildman–Crippen MR) is 102 cm³/mol. The molecule has 3 rings (SSSR count). The Bertz CT molecular complexity index is 518. The molecule has 22 heavy (non-hydrogen) atoms. The first kappa shape index (κ1) is 19.7. The normalized spacial score (nSPS) is 9.05. The Labute approximate surface area is 136 Å². The van der Waals surface area contributed by atoms with E-state index in [-0.39, 0.29) is 0 Å². The van der Waals surface area contributed by atoms with Gasteiger partial charge in [0.15, 0.2) is 0 Å². The van der Waals surface area contributed by atoms with Gasteiger partial charge in [0, 0.05) is 0 Å². The molecule has 0 radical (unpaired) electrons. The molecule has 0 heteroatoms. The summed E-state index contributed by atoms with van der Waals surface area (Å²) in [7, 11) is 0. The van der Waals surface area contributed by atoms with Crippen LogP contribution in [0.25, 0.3) is 11.1 Å². The monoisotopic (exact) mass is 292 g/mol. The van der Waals surface area contributed by atoms with Crippen LogP contribution in [0, 0.1) is 0 Å². The van der Waals surface area contributed by atoms with Gasteiger partial charge in [0.2, 0.25) is 0 Å². The maximum absolute atomic E-state index is 3.36. The van der Waals surface area contributed by atoms with Gasteiger partial charge in [0.1, 0.15) is 0 Å². The third-order valence-corrected chi connectivity index (χ3v) is 2.71. The van der Waals surface area contributed by atoms with Gasteiger partial charge in [-0.15, -0.1) is 19.7 Å². The van der Waals surface area contributed by atoms with Gasteiger partial charge in [0.05, 0.1) is 0 Å². The van der Waals surface area contributed by atoms with Crippen LogP contribution >= 0.6 is 0 Å². The largest absolute Gasteiger partial charge is 0.103 e. The van der Waals surface area contributed by atoms with E-state index < -0.39 is 0 Å². The van der Waals surface area contributed by atoms with E-state index >= 15 is 0 Å². The van der Waals surface area contributed by atoms with E-state index in [1.165, 1.54) is 22.3 Å². The van der Waals surface area contributed by atoms with Crippen LogP contribution in [0.2, 0.25) is 0 Å². The first-order valence-electron chi connectivity index (χ1n) is 7.57. The van der Waals surface area contributed by atoms with E-state index in [2.05, 4.69) is 68.3 Å². The summed E-state index contributed by atoms with van der Waals surface area (Å²) in [5.74, 6) is 0. The summed E-state index contributed by atoms with van der Waals surface area (Å²) in [6.07, 6.45) is 6.35.